The molecule has 90 valence electrons. The van der Waals surface area contributed by atoms with Crippen molar-refractivity contribution in [3.05, 3.63) is 29.4 Å². The molecule has 2 aromatic rings. The molecule has 0 saturated heterocycles. The summed E-state index contributed by atoms with van der Waals surface area (Å²) in [6.45, 7) is 2.12. The van der Waals surface area contributed by atoms with E-state index in [1.165, 1.54) is 11.8 Å². The average Bonchev–Trinajstić information content (AvgIpc) is 2.77. The summed E-state index contributed by atoms with van der Waals surface area (Å²) in [5, 5.41) is 1.12. The maximum absolute atomic E-state index is 5.98. The Kier molecular flexibility index (Phi) is 4.02. The average molecular weight is 269 g/mol. The Hall–Kier alpha value is -1.07. The fraction of sp³-hybridized carbons (Fsp3) is 0.364. The minimum atomic E-state index is 0.454. The molecule has 0 saturated carbocycles. The van der Waals surface area contributed by atoms with E-state index in [-0.39, 0.29) is 0 Å². The van der Waals surface area contributed by atoms with Gasteiger partial charge in [-0.05, 0) is 12.7 Å². The summed E-state index contributed by atoms with van der Waals surface area (Å²) in [5.74, 6) is 1.77. The summed E-state index contributed by atoms with van der Waals surface area (Å²) < 4.78 is 1.96. The Morgan fingerprint density at radius 1 is 1.41 bits per heavy atom. The molecule has 0 aromatic carbocycles. The number of hydrogen-bond acceptors (Lipinski definition) is 4. The lowest BCUT2D eigenvalue weighted by molar-refractivity contribution is 0.784. The number of aryl methyl sites for hydroxylation is 1. The Morgan fingerprint density at radius 2 is 2.24 bits per heavy atom. The summed E-state index contributed by atoms with van der Waals surface area (Å²) in [5.41, 5.74) is 0. The van der Waals surface area contributed by atoms with Crippen LogP contribution in [0.5, 0.6) is 0 Å². The van der Waals surface area contributed by atoms with Gasteiger partial charge in [0, 0.05) is 24.9 Å². The summed E-state index contributed by atoms with van der Waals surface area (Å²) in [4.78, 5) is 12.9. The van der Waals surface area contributed by atoms with Gasteiger partial charge in [-0.2, -0.15) is 0 Å². The SMILES string of the molecule is CCCc1nccn1-c1cc(Cl)nc(SC)n1. The zero-order chi connectivity index (χ0) is 12.3. The smallest absolute Gasteiger partial charge is 0.190 e. The van der Waals surface area contributed by atoms with Crippen LogP contribution in [0.2, 0.25) is 5.15 Å². The Balaban J connectivity index is 2.44. The Labute approximate surface area is 109 Å². The van der Waals surface area contributed by atoms with Crippen molar-refractivity contribution in [1.82, 2.24) is 19.5 Å². The Bertz CT molecular complexity index is 512. The summed E-state index contributed by atoms with van der Waals surface area (Å²) >= 11 is 7.45. The third-order valence-corrected chi connectivity index (χ3v) is 3.02. The third-order valence-electron chi connectivity index (χ3n) is 2.28. The molecule has 2 rings (SSSR count). The molecule has 0 radical (unpaired) electrons. The van der Waals surface area contributed by atoms with Gasteiger partial charge in [0.15, 0.2) is 5.16 Å². The van der Waals surface area contributed by atoms with Crippen LogP contribution < -0.4 is 0 Å². The van der Waals surface area contributed by atoms with E-state index in [1.807, 2.05) is 17.0 Å². The van der Waals surface area contributed by atoms with Crippen molar-refractivity contribution in [3.63, 3.8) is 0 Å². The molecule has 0 amide bonds. The molecule has 0 fully saturated rings. The van der Waals surface area contributed by atoms with E-state index in [0.29, 0.717) is 10.3 Å². The quantitative estimate of drug-likeness (QED) is 0.486. The van der Waals surface area contributed by atoms with E-state index in [1.54, 1.807) is 12.3 Å². The van der Waals surface area contributed by atoms with E-state index >= 15 is 0 Å². The first kappa shape index (κ1) is 12.4. The lowest BCUT2D eigenvalue weighted by Crippen LogP contribution is -2.04. The lowest BCUT2D eigenvalue weighted by Gasteiger charge is -2.07. The molecule has 6 heteroatoms. The zero-order valence-corrected chi connectivity index (χ0v) is 11.3. The molecule has 17 heavy (non-hydrogen) atoms. The highest BCUT2D eigenvalue weighted by molar-refractivity contribution is 7.98. The molecule has 0 atom stereocenters. The molecular weight excluding hydrogens is 256 g/mol. The second-order valence-corrected chi connectivity index (χ2v) is 4.66. The van der Waals surface area contributed by atoms with Crippen molar-refractivity contribution >= 4 is 23.4 Å². The van der Waals surface area contributed by atoms with Crippen LogP contribution >= 0.6 is 23.4 Å². The summed E-state index contributed by atoms with van der Waals surface area (Å²) in [7, 11) is 0. The second-order valence-electron chi connectivity index (χ2n) is 3.50. The van der Waals surface area contributed by atoms with E-state index in [0.717, 1.165) is 24.5 Å². The van der Waals surface area contributed by atoms with Gasteiger partial charge in [-0.15, -0.1) is 0 Å². The minimum Gasteiger partial charge on any atom is -0.288 e. The van der Waals surface area contributed by atoms with Crippen molar-refractivity contribution in [2.24, 2.45) is 0 Å². The molecule has 4 nitrogen and oxygen atoms in total. The topological polar surface area (TPSA) is 43.6 Å². The highest BCUT2D eigenvalue weighted by atomic mass is 35.5. The predicted octanol–water partition coefficient (Wildman–Crippen LogP) is 2.99. The van der Waals surface area contributed by atoms with Gasteiger partial charge in [0.1, 0.15) is 16.8 Å². The molecule has 0 aliphatic heterocycles. The van der Waals surface area contributed by atoms with Crippen LogP contribution in [0, 0.1) is 0 Å². The molecule has 0 N–H and O–H groups in total. The van der Waals surface area contributed by atoms with Crippen LogP contribution in [0.15, 0.2) is 23.6 Å². The first-order valence-electron chi connectivity index (χ1n) is 5.35. The van der Waals surface area contributed by atoms with Crippen LogP contribution in [-0.4, -0.2) is 25.8 Å². The third kappa shape index (κ3) is 2.79. The van der Waals surface area contributed by atoms with E-state index in [4.69, 9.17) is 11.6 Å². The maximum Gasteiger partial charge on any atom is 0.190 e. The number of rotatable bonds is 4. The molecule has 0 unspecified atom stereocenters. The fourth-order valence-corrected chi connectivity index (χ4v) is 2.15. The Morgan fingerprint density at radius 3 is 2.94 bits per heavy atom. The van der Waals surface area contributed by atoms with Crippen LogP contribution in [0.25, 0.3) is 5.82 Å². The lowest BCUT2D eigenvalue weighted by atomic mass is 10.3. The summed E-state index contributed by atoms with van der Waals surface area (Å²) in [6, 6.07) is 1.75. The highest BCUT2D eigenvalue weighted by Gasteiger charge is 2.08. The first-order chi connectivity index (χ1) is 8.24. The summed E-state index contributed by atoms with van der Waals surface area (Å²) in [6.07, 6.45) is 7.57. The van der Waals surface area contributed by atoms with Gasteiger partial charge in [-0.1, -0.05) is 30.3 Å². The van der Waals surface area contributed by atoms with Gasteiger partial charge >= 0.3 is 0 Å². The van der Waals surface area contributed by atoms with Crippen molar-refractivity contribution in [2.75, 3.05) is 6.26 Å². The molecule has 0 spiro atoms. The van der Waals surface area contributed by atoms with Gasteiger partial charge in [-0.3, -0.25) is 4.57 Å². The molecule has 2 aromatic heterocycles. The van der Waals surface area contributed by atoms with Gasteiger partial charge in [0.05, 0.1) is 0 Å². The minimum absolute atomic E-state index is 0.454. The molecular formula is C11H13ClN4S. The van der Waals surface area contributed by atoms with Crippen LogP contribution in [0.4, 0.5) is 0 Å². The zero-order valence-electron chi connectivity index (χ0n) is 9.72. The van der Waals surface area contributed by atoms with Gasteiger partial charge in [0.2, 0.25) is 0 Å². The largest absolute Gasteiger partial charge is 0.288 e. The van der Waals surface area contributed by atoms with Crippen molar-refractivity contribution < 1.29 is 0 Å². The fourth-order valence-electron chi connectivity index (χ4n) is 1.55. The molecule has 2 heterocycles. The van der Waals surface area contributed by atoms with Crippen molar-refractivity contribution in [1.29, 1.82) is 0 Å². The molecule has 0 aliphatic carbocycles. The van der Waals surface area contributed by atoms with Gasteiger partial charge < -0.3 is 0 Å². The maximum atomic E-state index is 5.98. The van der Waals surface area contributed by atoms with E-state index in [2.05, 4.69) is 21.9 Å². The number of imidazole rings is 1. The molecule has 0 bridgehead atoms. The number of thioether (sulfide) groups is 1. The molecule has 0 aliphatic rings. The second kappa shape index (κ2) is 5.51. The van der Waals surface area contributed by atoms with Crippen LogP contribution in [0.3, 0.4) is 0 Å². The van der Waals surface area contributed by atoms with Crippen LogP contribution in [0.1, 0.15) is 19.2 Å². The van der Waals surface area contributed by atoms with Crippen molar-refractivity contribution in [2.45, 2.75) is 24.9 Å². The number of halogens is 1. The standard InChI is InChI=1S/C11H13ClN4S/c1-3-4-9-13-5-6-16(9)10-7-8(12)14-11(15-10)17-2/h5-7H,3-4H2,1-2H3. The number of hydrogen-bond donors (Lipinski definition) is 0. The highest BCUT2D eigenvalue weighted by Crippen LogP contribution is 2.18. The van der Waals surface area contributed by atoms with E-state index in [9.17, 15) is 0 Å². The van der Waals surface area contributed by atoms with Crippen molar-refractivity contribution in [3.8, 4) is 5.82 Å². The normalized spacial score (nSPS) is 10.8. The van der Waals surface area contributed by atoms with Gasteiger partial charge in [-0.25, -0.2) is 15.0 Å². The van der Waals surface area contributed by atoms with Gasteiger partial charge in [0.25, 0.3) is 0 Å². The first-order valence-corrected chi connectivity index (χ1v) is 6.96. The monoisotopic (exact) mass is 268 g/mol. The van der Waals surface area contributed by atoms with Crippen LogP contribution in [-0.2, 0) is 6.42 Å². The predicted molar refractivity (Wildman–Crippen MR) is 69.9 cm³/mol. The number of aromatic nitrogens is 4. The van der Waals surface area contributed by atoms with E-state index < -0.39 is 0 Å². The number of nitrogens with zero attached hydrogens (tertiary/aromatic N) is 4.